The lowest BCUT2D eigenvalue weighted by Gasteiger charge is -2.28. The fourth-order valence-corrected chi connectivity index (χ4v) is 2.98. The summed E-state index contributed by atoms with van der Waals surface area (Å²) < 4.78 is 5.60. The first-order valence-corrected chi connectivity index (χ1v) is 7.54. The molecule has 1 aliphatic carbocycles. The molecule has 1 atom stereocenters. The SMILES string of the molecule is CC1=C(C(=O)OC2CCCC2)C(c2cccnc2)NC(=O)N1. The van der Waals surface area contributed by atoms with Gasteiger partial charge >= 0.3 is 12.0 Å². The van der Waals surface area contributed by atoms with Gasteiger partial charge in [-0.1, -0.05) is 6.07 Å². The Kier molecular flexibility index (Phi) is 4.09. The molecule has 0 bridgehead atoms. The van der Waals surface area contributed by atoms with Gasteiger partial charge in [0.1, 0.15) is 6.10 Å². The van der Waals surface area contributed by atoms with E-state index in [-0.39, 0.29) is 18.1 Å². The monoisotopic (exact) mass is 301 g/mol. The van der Waals surface area contributed by atoms with Gasteiger partial charge in [0, 0.05) is 18.1 Å². The van der Waals surface area contributed by atoms with Crippen molar-refractivity contribution in [2.75, 3.05) is 0 Å². The van der Waals surface area contributed by atoms with E-state index in [1.807, 2.05) is 6.07 Å². The minimum absolute atomic E-state index is 0.0139. The number of urea groups is 1. The fourth-order valence-electron chi connectivity index (χ4n) is 2.98. The molecule has 3 rings (SSSR count). The Morgan fingerprint density at radius 2 is 2.14 bits per heavy atom. The molecule has 0 spiro atoms. The van der Waals surface area contributed by atoms with Crippen molar-refractivity contribution < 1.29 is 14.3 Å². The highest BCUT2D eigenvalue weighted by Gasteiger charge is 2.33. The van der Waals surface area contributed by atoms with E-state index >= 15 is 0 Å². The van der Waals surface area contributed by atoms with Crippen molar-refractivity contribution in [3.63, 3.8) is 0 Å². The third-order valence-corrected chi connectivity index (χ3v) is 4.08. The fraction of sp³-hybridized carbons (Fsp3) is 0.438. The van der Waals surface area contributed by atoms with E-state index in [0.29, 0.717) is 11.3 Å². The number of aromatic nitrogens is 1. The molecule has 2 heterocycles. The van der Waals surface area contributed by atoms with Gasteiger partial charge in [0.15, 0.2) is 0 Å². The van der Waals surface area contributed by atoms with Crippen LogP contribution in [0.2, 0.25) is 0 Å². The van der Waals surface area contributed by atoms with Crippen LogP contribution >= 0.6 is 0 Å². The van der Waals surface area contributed by atoms with Crippen molar-refractivity contribution in [1.29, 1.82) is 0 Å². The number of carbonyl (C=O) groups is 2. The molecular formula is C16H19N3O3. The highest BCUT2D eigenvalue weighted by atomic mass is 16.5. The molecular weight excluding hydrogens is 282 g/mol. The number of ether oxygens (including phenoxy) is 1. The second-order valence-electron chi connectivity index (χ2n) is 5.67. The number of hydrogen-bond acceptors (Lipinski definition) is 4. The zero-order valence-electron chi connectivity index (χ0n) is 12.5. The van der Waals surface area contributed by atoms with Crippen LogP contribution < -0.4 is 10.6 Å². The van der Waals surface area contributed by atoms with Gasteiger partial charge < -0.3 is 15.4 Å². The van der Waals surface area contributed by atoms with Crippen LogP contribution in [0.3, 0.4) is 0 Å². The number of pyridine rings is 1. The average Bonchev–Trinajstić information content (AvgIpc) is 3.00. The normalized spacial score (nSPS) is 22.2. The number of esters is 1. The Hall–Kier alpha value is -2.37. The number of nitrogens with zero attached hydrogens (tertiary/aromatic N) is 1. The molecule has 2 aliphatic rings. The number of carbonyl (C=O) groups excluding carboxylic acids is 2. The second kappa shape index (κ2) is 6.17. The zero-order chi connectivity index (χ0) is 15.5. The van der Waals surface area contributed by atoms with Crippen LogP contribution in [-0.4, -0.2) is 23.1 Å². The summed E-state index contributed by atoms with van der Waals surface area (Å²) in [6.07, 6.45) is 7.30. The molecule has 1 fully saturated rings. The van der Waals surface area contributed by atoms with Crippen LogP contribution in [0.1, 0.15) is 44.2 Å². The molecule has 1 aromatic heterocycles. The van der Waals surface area contributed by atoms with E-state index in [9.17, 15) is 9.59 Å². The van der Waals surface area contributed by atoms with E-state index in [1.165, 1.54) is 0 Å². The summed E-state index contributed by atoms with van der Waals surface area (Å²) in [5.41, 5.74) is 1.73. The summed E-state index contributed by atoms with van der Waals surface area (Å²) in [7, 11) is 0. The number of rotatable bonds is 3. The van der Waals surface area contributed by atoms with Gasteiger partial charge in [-0.05, 0) is 44.2 Å². The summed E-state index contributed by atoms with van der Waals surface area (Å²) in [6.45, 7) is 1.72. The molecule has 0 radical (unpaired) electrons. The van der Waals surface area contributed by atoms with Gasteiger partial charge in [0.25, 0.3) is 0 Å². The molecule has 0 saturated heterocycles. The lowest BCUT2D eigenvalue weighted by atomic mass is 9.97. The van der Waals surface area contributed by atoms with Crippen molar-refractivity contribution >= 4 is 12.0 Å². The predicted octanol–water partition coefficient (Wildman–Crippen LogP) is 2.20. The van der Waals surface area contributed by atoms with Crippen LogP contribution in [0.25, 0.3) is 0 Å². The summed E-state index contributed by atoms with van der Waals surface area (Å²) in [5, 5.41) is 5.41. The smallest absolute Gasteiger partial charge is 0.338 e. The minimum Gasteiger partial charge on any atom is -0.459 e. The largest absolute Gasteiger partial charge is 0.459 e. The lowest BCUT2D eigenvalue weighted by Crippen LogP contribution is -2.45. The lowest BCUT2D eigenvalue weighted by molar-refractivity contribution is -0.144. The van der Waals surface area contributed by atoms with E-state index < -0.39 is 6.04 Å². The van der Waals surface area contributed by atoms with Crippen molar-refractivity contribution in [3.8, 4) is 0 Å². The maximum absolute atomic E-state index is 12.6. The first-order chi connectivity index (χ1) is 10.6. The minimum atomic E-state index is -0.531. The highest BCUT2D eigenvalue weighted by molar-refractivity contribution is 5.95. The van der Waals surface area contributed by atoms with Gasteiger partial charge in [-0.3, -0.25) is 4.98 Å². The summed E-state index contributed by atoms with van der Waals surface area (Å²) in [5.74, 6) is -0.370. The van der Waals surface area contributed by atoms with Crippen molar-refractivity contribution in [2.45, 2.75) is 44.8 Å². The summed E-state index contributed by atoms with van der Waals surface area (Å²) >= 11 is 0. The molecule has 116 valence electrons. The average molecular weight is 301 g/mol. The Balaban J connectivity index is 1.88. The molecule has 2 N–H and O–H groups in total. The van der Waals surface area contributed by atoms with Crippen molar-refractivity contribution in [1.82, 2.24) is 15.6 Å². The molecule has 6 nitrogen and oxygen atoms in total. The third-order valence-electron chi connectivity index (χ3n) is 4.08. The summed E-state index contributed by atoms with van der Waals surface area (Å²) in [4.78, 5) is 28.4. The van der Waals surface area contributed by atoms with Gasteiger partial charge in [-0.15, -0.1) is 0 Å². The quantitative estimate of drug-likeness (QED) is 0.839. The van der Waals surface area contributed by atoms with Crippen molar-refractivity contribution in [3.05, 3.63) is 41.4 Å². The molecule has 1 aromatic rings. The molecule has 1 saturated carbocycles. The highest BCUT2D eigenvalue weighted by Crippen LogP contribution is 2.29. The number of hydrogen-bond donors (Lipinski definition) is 2. The van der Waals surface area contributed by atoms with E-state index in [2.05, 4.69) is 15.6 Å². The Labute approximate surface area is 129 Å². The molecule has 0 aromatic carbocycles. The number of nitrogens with one attached hydrogen (secondary N) is 2. The van der Waals surface area contributed by atoms with Gasteiger partial charge in [0.2, 0.25) is 0 Å². The Bertz CT molecular complexity index is 606. The summed E-state index contributed by atoms with van der Waals surface area (Å²) in [6, 6.07) is 2.75. The van der Waals surface area contributed by atoms with Gasteiger partial charge in [-0.2, -0.15) is 0 Å². The maximum Gasteiger partial charge on any atom is 0.338 e. The molecule has 6 heteroatoms. The van der Waals surface area contributed by atoms with Crippen LogP contribution in [0.15, 0.2) is 35.8 Å². The molecule has 22 heavy (non-hydrogen) atoms. The van der Waals surface area contributed by atoms with Crippen LogP contribution in [0, 0.1) is 0 Å². The van der Waals surface area contributed by atoms with Crippen LogP contribution in [-0.2, 0) is 9.53 Å². The standard InChI is InChI=1S/C16H19N3O3/c1-10-13(15(20)22-12-6-2-3-7-12)14(19-16(21)18-10)11-5-4-8-17-9-11/h4-5,8-9,12,14H,2-3,6-7H2,1H3,(H2,18,19,21). The van der Waals surface area contributed by atoms with Gasteiger partial charge in [0.05, 0.1) is 11.6 Å². The Morgan fingerprint density at radius 1 is 1.36 bits per heavy atom. The number of allylic oxidation sites excluding steroid dienone is 1. The number of amides is 2. The predicted molar refractivity (Wildman–Crippen MR) is 79.7 cm³/mol. The van der Waals surface area contributed by atoms with Gasteiger partial charge in [-0.25, -0.2) is 9.59 Å². The first kappa shape index (κ1) is 14.6. The van der Waals surface area contributed by atoms with Crippen LogP contribution in [0.4, 0.5) is 4.79 Å². The van der Waals surface area contributed by atoms with E-state index in [1.54, 1.807) is 25.4 Å². The Morgan fingerprint density at radius 3 is 2.82 bits per heavy atom. The van der Waals surface area contributed by atoms with Crippen molar-refractivity contribution in [2.24, 2.45) is 0 Å². The van der Waals surface area contributed by atoms with E-state index in [4.69, 9.17) is 4.74 Å². The zero-order valence-corrected chi connectivity index (χ0v) is 12.5. The maximum atomic E-state index is 12.6. The molecule has 2 amide bonds. The second-order valence-corrected chi connectivity index (χ2v) is 5.67. The van der Waals surface area contributed by atoms with Crippen LogP contribution in [0.5, 0.6) is 0 Å². The van der Waals surface area contributed by atoms with E-state index in [0.717, 1.165) is 31.2 Å². The third kappa shape index (κ3) is 2.95. The first-order valence-electron chi connectivity index (χ1n) is 7.54. The topological polar surface area (TPSA) is 80.3 Å². The molecule has 1 aliphatic heterocycles. The molecule has 1 unspecified atom stereocenters.